The minimum absolute atomic E-state index is 0. The maximum Gasteiger partial charge on any atom is 0.227 e. The molecular weight excluding hydrogens is 407 g/mol. The largest absolute Gasteiger partial charge is 0.328 e. The predicted molar refractivity (Wildman–Crippen MR) is 120 cm³/mol. The zero-order valence-electron chi connectivity index (χ0n) is 15.9. The number of carbonyl (C=O) groups is 1. The van der Waals surface area contributed by atoms with Gasteiger partial charge in [0.1, 0.15) is 0 Å². The second-order valence-corrected chi connectivity index (χ2v) is 7.39. The van der Waals surface area contributed by atoms with E-state index in [0.717, 1.165) is 64.1 Å². The number of anilines is 1. The molecule has 1 amide bonds. The van der Waals surface area contributed by atoms with Crippen LogP contribution in [-0.4, -0.2) is 55.0 Å². The number of benzene rings is 1. The standard InChI is InChI=1S/C19H30N4O.3ClH/c1-22-8-10-23(11-9-22)14-15-4-2-7-18(12-15)21-19(24)16-5-3-6-17(20)13-16;;;/h2,4,7,12,16-17H,3,5-6,8-11,13-14,20H2,1H3,(H,21,24);3*1H. The van der Waals surface area contributed by atoms with Crippen LogP contribution in [0.5, 0.6) is 0 Å². The molecule has 8 heteroatoms. The molecule has 0 spiro atoms. The number of carbonyl (C=O) groups excluding carboxylic acids is 1. The molecule has 5 nitrogen and oxygen atoms in total. The summed E-state index contributed by atoms with van der Waals surface area (Å²) < 4.78 is 0. The first kappa shape index (κ1) is 26.4. The van der Waals surface area contributed by atoms with Crippen molar-refractivity contribution in [3.05, 3.63) is 29.8 Å². The lowest BCUT2D eigenvalue weighted by Crippen LogP contribution is -2.43. The Kier molecular flexibility index (Phi) is 12.5. The van der Waals surface area contributed by atoms with Crippen LogP contribution in [0.1, 0.15) is 31.2 Å². The lowest BCUT2D eigenvalue weighted by atomic mass is 9.85. The Bertz CT molecular complexity index is 568. The molecule has 156 valence electrons. The lowest BCUT2D eigenvalue weighted by Gasteiger charge is -2.32. The highest BCUT2D eigenvalue weighted by atomic mass is 35.5. The zero-order chi connectivity index (χ0) is 16.9. The molecule has 27 heavy (non-hydrogen) atoms. The Hall–Kier alpha value is -0.560. The van der Waals surface area contributed by atoms with Crippen molar-refractivity contribution in [3.8, 4) is 0 Å². The van der Waals surface area contributed by atoms with E-state index >= 15 is 0 Å². The van der Waals surface area contributed by atoms with E-state index in [-0.39, 0.29) is 55.1 Å². The van der Waals surface area contributed by atoms with Crippen LogP contribution in [0.4, 0.5) is 5.69 Å². The van der Waals surface area contributed by atoms with Gasteiger partial charge in [0.25, 0.3) is 0 Å². The van der Waals surface area contributed by atoms with E-state index < -0.39 is 0 Å². The van der Waals surface area contributed by atoms with Gasteiger partial charge in [-0.15, -0.1) is 37.2 Å². The topological polar surface area (TPSA) is 61.6 Å². The molecule has 1 heterocycles. The van der Waals surface area contributed by atoms with Gasteiger partial charge in [0.05, 0.1) is 0 Å². The first-order valence-corrected chi connectivity index (χ1v) is 9.16. The SMILES string of the molecule is CN1CCN(Cc2cccc(NC(=O)C3CCCC(N)C3)c2)CC1.Cl.Cl.Cl. The molecule has 0 aromatic heterocycles. The fraction of sp³-hybridized carbons (Fsp3) is 0.632. The summed E-state index contributed by atoms with van der Waals surface area (Å²) in [5.41, 5.74) is 8.18. The third-order valence-electron chi connectivity index (χ3n) is 5.28. The van der Waals surface area contributed by atoms with Crippen LogP contribution in [0.15, 0.2) is 24.3 Å². The van der Waals surface area contributed by atoms with Gasteiger partial charge in [-0.3, -0.25) is 9.69 Å². The van der Waals surface area contributed by atoms with Crippen molar-refractivity contribution < 1.29 is 4.79 Å². The zero-order valence-corrected chi connectivity index (χ0v) is 18.4. The first-order valence-electron chi connectivity index (χ1n) is 9.16. The number of nitrogens with zero attached hydrogens (tertiary/aromatic N) is 2. The Morgan fingerprint density at radius 1 is 1.15 bits per heavy atom. The molecule has 0 radical (unpaired) electrons. The summed E-state index contributed by atoms with van der Waals surface area (Å²) in [7, 11) is 2.17. The van der Waals surface area contributed by atoms with Gasteiger partial charge in [-0.05, 0) is 44.0 Å². The number of nitrogens with two attached hydrogens (primary N) is 1. The second kappa shape index (κ2) is 12.8. The van der Waals surface area contributed by atoms with Crippen molar-refractivity contribution in [1.29, 1.82) is 0 Å². The normalized spacial score (nSPS) is 23.3. The summed E-state index contributed by atoms with van der Waals surface area (Å²) in [4.78, 5) is 17.3. The number of piperazine rings is 1. The van der Waals surface area contributed by atoms with Crippen molar-refractivity contribution in [2.24, 2.45) is 11.7 Å². The molecule has 2 unspecified atom stereocenters. The van der Waals surface area contributed by atoms with E-state index in [1.54, 1.807) is 0 Å². The summed E-state index contributed by atoms with van der Waals surface area (Å²) in [6.07, 6.45) is 3.88. The van der Waals surface area contributed by atoms with E-state index in [4.69, 9.17) is 5.73 Å². The van der Waals surface area contributed by atoms with E-state index in [9.17, 15) is 4.79 Å². The Balaban J connectivity index is 0.00000225. The minimum atomic E-state index is 0. The second-order valence-electron chi connectivity index (χ2n) is 7.39. The average molecular weight is 440 g/mol. The van der Waals surface area contributed by atoms with Gasteiger partial charge in [0.15, 0.2) is 0 Å². The highest BCUT2D eigenvalue weighted by molar-refractivity contribution is 5.92. The first-order chi connectivity index (χ1) is 11.6. The van der Waals surface area contributed by atoms with Crippen molar-refractivity contribution >= 4 is 48.8 Å². The molecule has 2 atom stereocenters. The fourth-order valence-electron chi connectivity index (χ4n) is 3.72. The molecule has 2 aliphatic rings. The van der Waals surface area contributed by atoms with Crippen LogP contribution in [0, 0.1) is 5.92 Å². The van der Waals surface area contributed by atoms with Crippen molar-refractivity contribution in [1.82, 2.24) is 9.80 Å². The molecule has 0 bridgehead atoms. The predicted octanol–water partition coefficient (Wildman–Crippen LogP) is 3.16. The van der Waals surface area contributed by atoms with Crippen LogP contribution in [0.2, 0.25) is 0 Å². The molecule has 1 aromatic rings. The summed E-state index contributed by atoms with van der Waals surface area (Å²) in [6.45, 7) is 5.41. The van der Waals surface area contributed by atoms with Crippen LogP contribution in [0.3, 0.4) is 0 Å². The number of hydrogen-bond acceptors (Lipinski definition) is 4. The monoisotopic (exact) mass is 438 g/mol. The highest BCUT2D eigenvalue weighted by Crippen LogP contribution is 2.24. The van der Waals surface area contributed by atoms with Crippen molar-refractivity contribution in [3.63, 3.8) is 0 Å². The van der Waals surface area contributed by atoms with Gasteiger partial charge in [0.2, 0.25) is 5.91 Å². The Morgan fingerprint density at radius 2 is 1.85 bits per heavy atom. The molecule has 1 saturated heterocycles. The van der Waals surface area contributed by atoms with Gasteiger partial charge in [-0.25, -0.2) is 0 Å². The Morgan fingerprint density at radius 3 is 2.52 bits per heavy atom. The fourth-order valence-corrected chi connectivity index (χ4v) is 3.72. The highest BCUT2D eigenvalue weighted by Gasteiger charge is 2.25. The number of amides is 1. The van der Waals surface area contributed by atoms with Crippen LogP contribution < -0.4 is 11.1 Å². The number of halogens is 3. The Labute approximate surface area is 181 Å². The number of hydrogen-bond donors (Lipinski definition) is 2. The van der Waals surface area contributed by atoms with Gasteiger partial charge < -0.3 is 16.0 Å². The maximum absolute atomic E-state index is 12.5. The van der Waals surface area contributed by atoms with Gasteiger partial charge in [0, 0.05) is 50.4 Å². The third kappa shape index (κ3) is 8.14. The number of likely N-dealkylation sites (N-methyl/N-ethyl adjacent to an activating group) is 1. The summed E-state index contributed by atoms with van der Waals surface area (Å²) in [5, 5.41) is 3.10. The number of nitrogens with one attached hydrogen (secondary N) is 1. The molecule has 1 aromatic carbocycles. The quantitative estimate of drug-likeness (QED) is 0.756. The molecule has 1 aliphatic heterocycles. The molecular formula is C19H33Cl3N4O. The van der Waals surface area contributed by atoms with Gasteiger partial charge in [-0.1, -0.05) is 18.6 Å². The molecule has 3 rings (SSSR count). The molecule has 2 fully saturated rings. The van der Waals surface area contributed by atoms with Crippen LogP contribution >= 0.6 is 37.2 Å². The summed E-state index contributed by atoms with van der Waals surface area (Å²) in [6, 6.07) is 8.45. The van der Waals surface area contributed by atoms with Crippen LogP contribution in [-0.2, 0) is 11.3 Å². The lowest BCUT2D eigenvalue weighted by molar-refractivity contribution is -0.120. The van der Waals surface area contributed by atoms with E-state index in [1.165, 1.54) is 5.56 Å². The van der Waals surface area contributed by atoms with Crippen molar-refractivity contribution in [2.45, 2.75) is 38.3 Å². The van der Waals surface area contributed by atoms with E-state index in [2.05, 4.69) is 34.3 Å². The summed E-state index contributed by atoms with van der Waals surface area (Å²) in [5.74, 6) is 0.192. The molecule has 3 N–H and O–H groups in total. The minimum Gasteiger partial charge on any atom is -0.328 e. The number of rotatable bonds is 4. The van der Waals surface area contributed by atoms with E-state index in [1.807, 2.05) is 12.1 Å². The van der Waals surface area contributed by atoms with Gasteiger partial charge >= 0.3 is 0 Å². The smallest absolute Gasteiger partial charge is 0.227 e. The molecule has 1 aliphatic carbocycles. The third-order valence-corrected chi connectivity index (χ3v) is 5.28. The van der Waals surface area contributed by atoms with Crippen molar-refractivity contribution in [2.75, 3.05) is 38.5 Å². The summed E-state index contributed by atoms with van der Waals surface area (Å²) >= 11 is 0. The van der Waals surface area contributed by atoms with Gasteiger partial charge in [-0.2, -0.15) is 0 Å². The molecule has 1 saturated carbocycles. The van der Waals surface area contributed by atoms with Crippen LogP contribution in [0.25, 0.3) is 0 Å². The maximum atomic E-state index is 12.5. The average Bonchev–Trinajstić information content (AvgIpc) is 2.57. The van der Waals surface area contributed by atoms with E-state index in [0.29, 0.717) is 0 Å².